The van der Waals surface area contributed by atoms with Gasteiger partial charge >= 0.3 is 0 Å². The van der Waals surface area contributed by atoms with Gasteiger partial charge in [-0.3, -0.25) is 4.79 Å². The van der Waals surface area contributed by atoms with E-state index in [4.69, 9.17) is 0 Å². The summed E-state index contributed by atoms with van der Waals surface area (Å²) < 4.78 is 13.9. The SMILES string of the molecule is Cc1cc2nc(NC(=O)CCSc3ccc(F)cc3)sc2cc1C. The van der Waals surface area contributed by atoms with Gasteiger partial charge in [-0.2, -0.15) is 0 Å². The zero-order valence-electron chi connectivity index (χ0n) is 13.4. The Labute approximate surface area is 148 Å². The highest BCUT2D eigenvalue weighted by Gasteiger charge is 2.09. The van der Waals surface area contributed by atoms with Crippen molar-refractivity contribution in [3.8, 4) is 0 Å². The molecule has 0 aliphatic heterocycles. The molecule has 3 aromatic rings. The minimum atomic E-state index is -0.251. The van der Waals surface area contributed by atoms with Gasteiger partial charge in [-0.25, -0.2) is 9.37 Å². The van der Waals surface area contributed by atoms with Crippen molar-refractivity contribution in [3.63, 3.8) is 0 Å². The van der Waals surface area contributed by atoms with E-state index in [9.17, 15) is 9.18 Å². The number of anilines is 1. The first kappa shape index (κ1) is 16.9. The Balaban J connectivity index is 1.55. The summed E-state index contributed by atoms with van der Waals surface area (Å²) in [7, 11) is 0. The molecule has 1 N–H and O–H groups in total. The maximum Gasteiger partial charge on any atom is 0.226 e. The summed E-state index contributed by atoms with van der Waals surface area (Å²) in [6.07, 6.45) is 0.385. The number of hydrogen-bond donors (Lipinski definition) is 1. The van der Waals surface area contributed by atoms with Crippen molar-refractivity contribution in [3.05, 3.63) is 53.3 Å². The van der Waals surface area contributed by atoms with Crippen molar-refractivity contribution in [2.75, 3.05) is 11.1 Å². The van der Waals surface area contributed by atoms with E-state index in [1.54, 1.807) is 12.1 Å². The number of halogens is 1. The molecule has 3 rings (SSSR count). The number of carbonyl (C=O) groups excluding carboxylic acids is 1. The average Bonchev–Trinajstić information content (AvgIpc) is 2.90. The van der Waals surface area contributed by atoms with Crippen molar-refractivity contribution in [1.82, 2.24) is 4.98 Å². The smallest absolute Gasteiger partial charge is 0.226 e. The Morgan fingerprint density at radius 3 is 2.67 bits per heavy atom. The summed E-state index contributed by atoms with van der Waals surface area (Å²) in [4.78, 5) is 17.5. The van der Waals surface area contributed by atoms with Gasteiger partial charge < -0.3 is 5.32 Å². The molecule has 1 heterocycles. The van der Waals surface area contributed by atoms with Crippen molar-refractivity contribution in [2.45, 2.75) is 25.2 Å². The van der Waals surface area contributed by atoms with Crippen molar-refractivity contribution in [2.24, 2.45) is 0 Å². The second-order valence-electron chi connectivity index (χ2n) is 5.52. The molecule has 0 fully saturated rings. The van der Waals surface area contributed by atoms with Gasteiger partial charge in [0.05, 0.1) is 10.2 Å². The number of fused-ring (bicyclic) bond motifs is 1. The fourth-order valence-electron chi connectivity index (χ4n) is 2.21. The standard InChI is InChI=1S/C18H17FN2OS2/c1-11-9-15-16(10-12(11)2)24-18(20-15)21-17(22)7-8-23-14-5-3-13(19)4-6-14/h3-6,9-10H,7-8H2,1-2H3,(H,20,21,22). The quantitative estimate of drug-likeness (QED) is 0.638. The predicted molar refractivity (Wildman–Crippen MR) is 99.5 cm³/mol. The van der Waals surface area contributed by atoms with E-state index >= 15 is 0 Å². The number of aromatic nitrogens is 1. The second-order valence-corrected chi connectivity index (χ2v) is 7.72. The summed E-state index contributed by atoms with van der Waals surface area (Å²) in [5, 5.41) is 3.49. The summed E-state index contributed by atoms with van der Waals surface area (Å²) in [5.41, 5.74) is 3.33. The fourth-order valence-corrected chi connectivity index (χ4v) is 4.02. The summed E-state index contributed by atoms with van der Waals surface area (Å²) in [5.74, 6) is 0.330. The third kappa shape index (κ3) is 4.13. The third-order valence-corrected chi connectivity index (χ3v) is 5.61. The van der Waals surface area contributed by atoms with Gasteiger partial charge in [0.2, 0.25) is 5.91 Å². The van der Waals surface area contributed by atoms with Crippen LogP contribution in [-0.4, -0.2) is 16.6 Å². The van der Waals surface area contributed by atoms with Gasteiger partial charge in [0.15, 0.2) is 5.13 Å². The van der Waals surface area contributed by atoms with E-state index in [0.717, 1.165) is 15.1 Å². The third-order valence-electron chi connectivity index (χ3n) is 3.66. The molecule has 1 aromatic heterocycles. The molecule has 24 heavy (non-hydrogen) atoms. The topological polar surface area (TPSA) is 42.0 Å². The van der Waals surface area contributed by atoms with Gasteiger partial charge in [-0.05, 0) is 61.4 Å². The van der Waals surface area contributed by atoms with Crippen LogP contribution in [0.1, 0.15) is 17.5 Å². The molecule has 1 amide bonds. The van der Waals surface area contributed by atoms with Crippen molar-refractivity contribution < 1.29 is 9.18 Å². The molecule has 0 saturated carbocycles. The zero-order chi connectivity index (χ0) is 17.1. The van der Waals surface area contributed by atoms with Crippen molar-refractivity contribution in [1.29, 1.82) is 0 Å². The molecule has 124 valence electrons. The fraction of sp³-hybridized carbons (Fsp3) is 0.222. The lowest BCUT2D eigenvalue weighted by Gasteiger charge is -2.02. The van der Waals surface area contributed by atoms with Crippen LogP contribution in [0.4, 0.5) is 9.52 Å². The number of thioether (sulfide) groups is 1. The van der Waals surface area contributed by atoms with Crippen LogP contribution >= 0.6 is 23.1 Å². The van der Waals surface area contributed by atoms with Gasteiger partial charge in [0.1, 0.15) is 5.82 Å². The Kier molecular flexibility index (Phi) is 5.16. The molecule has 0 aliphatic rings. The first-order chi connectivity index (χ1) is 11.5. The maximum atomic E-state index is 12.8. The molecule has 0 saturated heterocycles. The van der Waals surface area contributed by atoms with Crippen LogP contribution in [0.25, 0.3) is 10.2 Å². The lowest BCUT2D eigenvalue weighted by Crippen LogP contribution is -2.11. The summed E-state index contributed by atoms with van der Waals surface area (Å²) >= 11 is 3.02. The van der Waals surface area contributed by atoms with Gasteiger partial charge in [0.25, 0.3) is 0 Å². The van der Waals surface area contributed by atoms with E-state index in [1.165, 1.54) is 46.4 Å². The average molecular weight is 360 g/mol. The molecule has 3 nitrogen and oxygen atoms in total. The Morgan fingerprint density at radius 2 is 1.92 bits per heavy atom. The minimum Gasteiger partial charge on any atom is -0.302 e. The van der Waals surface area contributed by atoms with Crippen LogP contribution in [0.3, 0.4) is 0 Å². The zero-order valence-corrected chi connectivity index (χ0v) is 15.1. The van der Waals surface area contributed by atoms with E-state index in [1.807, 2.05) is 6.07 Å². The van der Waals surface area contributed by atoms with Crippen LogP contribution in [0.2, 0.25) is 0 Å². The molecule has 2 aromatic carbocycles. The number of aryl methyl sites for hydroxylation is 2. The molecule has 0 atom stereocenters. The summed E-state index contributed by atoms with van der Waals surface area (Å²) in [6, 6.07) is 10.4. The number of nitrogens with zero attached hydrogens (tertiary/aromatic N) is 1. The molecule has 0 spiro atoms. The Hall–Kier alpha value is -1.92. The highest BCUT2D eigenvalue weighted by atomic mass is 32.2. The number of amides is 1. The normalized spacial score (nSPS) is 11.0. The highest BCUT2D eigenvalue weighted by Crippen LogP contribution is 2.28. The number of thiazole rings is 1. The molecular weight excluding hydrogens is 343 g/mol. The molecule has 0 unspecified atom stereocenters. The van der Waals surface area contributed by atoms with E-state index in [2.05, 4.69) is 30.2 Å². The number of rotatable bonds is 5. The van der Waals surface area contributed by atoms with Gasteiger partial charge in [0, 0.05) is 17.1 Å². The van der Waals surface area contributed by atoms with Crippen LogP contribution in [0.15, 0.2) is 41.3 Å². The lowest BCUT2D eigenvalue weighted by molar-refractivity contribution is -0.115. The largest absolute Gasteiger partial charge is 0.302 e. The number of benzene rings is 2. The number of hydrogen-bond acceptors (Lipinski definition) is 4. The van der Waals surface area contributed by atoms with E-state index in [0.29, 0.717) is 17.3 Å². The monoisotopic (exact) mass is 360 g/mol. The van der Waals surface area contributed by atoms with Crippen LogP contribution in [0.5, 0.6) is 0 Å². The second kappa shape index (κ2) is 7.32. The molecule has 6 heteroatoms. The van der Waals surface area contributed by atoms with Gasteiger partial charge in [-0.15, -0.1) is 11.8 Å². The van der Waals surface area contributed by atoms with Crippen LogP contribution < -0.4 is 5.32 Å². The first-order valence-corrected chi connectivity index (χ1v) is 9.37. The molecular formula is C18H17FN2OS2. The van der Waals surface area contributed by atoms with Crippen molar-refractivity contribution >= 4 is 44.4 Å². The highest BCUT2D eigenvalue weighted by molar-refractivity contribution is 7.99. The van der Waals surface area contributed by atoms with E-state index < -0.39 is 0 Å². The minimum absolute atomic E-state index is 0.0582. The first-order valence-electron chi connectivity index (χ1n) is 7.57. The maximum absolute atomic E-state index is 12.8. The van der Waals surface area contributed by atoms with Gasteiger partial charge in [-0.1, -0.05) is 11.3 Å². The molecule has 0 radical (unpaired) electrons. The number of carbonyl (C=O) groups is 1. The van der Waals surface area contributed by atoms with Crippen LogP contribution in [-0.2, 0) is 4.79 Å². The number of nitrogens with one attached hydrogen (secondary N) is 1. The Bertz CT molecular complexity index is 836. The van der Waals surface area contributed by atoms with E-state index in [-0.39, 0.29) is 11.7 Å². The lowest BCUT2D eigenvalue weighted by atomic mass is 10.1. The summed E-state index contributed by atoms with van der Waals surface area (Å²) in [6.45, 7) is 4.12. The Morgan fingerprint density at radius 1 is 1.21 bits per heavy atom. The molecule has 0 bridgehead atoms. The molecule has 0 aliphatic carbocycles. The van der Waals surface area contributed by atoms with Crippen LogP contribution in [0, 0.1) is 19.7 Å². The predicted octanol–water partition coefficient (Wildman–Crippen LogP) is 5.17.